The summed E-state index contributed by atoms with van der Waals surface area (Å²) in [6.45, 7) is 11.5. The minimum Gasteiger partial charge on any atom is -0.713 e. The molecule has 2 amide bonds. The molecule has 3 aliphatic rings. The smallest absolute Gasteiger partial charge is 0.302 e. The summed E-state index contributed by atoms with van der Waals surface area (Å²) in [6, 6.07) is -0.501. The third-order valence-corrected chi connectivity index (χ3v) is 8.99. The van der Waals surface area contributed by atoms with Crippen LogP contribution in [0, 0.1) is 43.9 Å². The Balaban J connectivity index is 1.67. The molecule has 4 rings (SSSR count). The van der Waals surface area contributed by atoms with Gasteiger partial charge >= 0.3 is 11.9 Å². The standard InChI is InChI=1S/C33H42N4O6/c1-7-20-19(6)32(42)37-27(20)14-25-18(5)23(10-12-31(40)41)29(35-25)15-28-22(9-11-30(38)39)17(4)24(34-28)13-26-16(3)21(8-2)33(43)36-26/h7-8,14-15,19-20,26-27,34-35H,9-13H2,1-6H3,(H4,36,37,38,39,40,41,42,43)/q-4/p-1/b25-14+/t19-,20-,26-,27?/m1/s1. The second kappa shape index (κ2) is 13.0. The molecule has 3 aliphatic heterocycles. The van der Waals surface area contributed by atoms with Gasteiger partial charge in [-0.2, -0.15) is 48.6 Å². The lowest BCUT2D eigenvalue weighted by atomic mass is 9.87. The number of carboxylic acid groups (broad SMARTS) is 2. The maximum absolute atomic E-state index is 12.4. The van der Waals surface area contributed by atoms with E-state index in [1.54, 1.807) is 6.42 Å². The van der Waals surface area contributed by atoms with Crippen molar-refractivity contribution in [3.05, 3.63) is 87.2 Å². The monoisotopic (exact) mass is 589 g/mol. The normalized spacial score (nSPS) is 24.5. The Morgan fingerprint density at radius 2 is 1.79 bits per heavy atom. The predicted octanol–water partition coefficient (Wildman–Crippen LogP) is 3.64. The lowest BCUT2D eigenvalue weighted by molar-refractivity contribution is -0.392. The quantitative estimate of drug-likeness (QED) is 0.256. The molecule has 1 unspecified atom stereocenters. The van der Waals surface area contributed by atoms with Crippen molar-refractivity contribution >= 4 is 23.8 Å². The average Bonchev–Trinajstić information content (AvgIpc) is 3.59. The molecule has 43 heavy (non-hydrogen) atoms. The Morgan fingerprint density at radius 1 is 1.12 bits per heavy atom. The molecule has 0 radical (unpaired) electrons. The van der Waals surface area contributed by atoms with Gasteiger partial charge in [-0.3, -0.25) is 14.4 Å². The highest BCUT2D eigenvalue weighted by atomic mass is 16.4. The van der Waals surface area contributed by atoms with Crippen molar-refractivity contribution in [2.45, 2.75) is 85.7 Å². The number of hydrogen-bond acceptors (Lipinski definition) is 5. The van der Waals surface area contributed by atoms with Crippen molar-refractivity contribution in [3.63, 3.8) is 0 Å². The zero-order valence-electron chi connectivity index (χ0n) is 25.6. The predicted molar refractivity (Wildman–Crippen MR) is 160 cm³/mol. The number of allylic oxidation sites excluding steroid dienone is 2. The molecule has 1 fully saturated rings. The number of aromatic amines is 1. The number of H-pyrrole nitrogens is 1. The zero-order valence-corrected chi connectivity index (χ0v) is 25.6. The molecule has 10 nitrogen and oxygen atoms in total. The third kappa shape index (κ3) is 6.58. The number of carbonyl (C=O) groups excluding carboxylic acids is 2. The molecule has 10 heteroatoms. The minimum atomic E-state index is -0.906. The van der Waals surface area contributed by atoms with Crippen LogP contribution in [0.4, 0.5) is 0 Å². The lowest BCUT2D eigenvalue weighted by Crippen LogP contribution is -2.28. The summed E-state index contributed by atoms with van der Waals surface area (Å²) >= 11 is 0. The number of carboxylic acids is 2. The zero-order chi connectivity index (χ0) is 31.6. The molecule has 1 aromatic heterocycles. The topological polar surface area (TPSA) is 161 Å². The van der Waals surface area contributed by atoms with Crippen LogP contribution in [0.5, 0.6) is 0 Å². The van der Waals surface area contributed by atoms with E-state index in [1.165, 1.54) is 0 Å². The van der Waals surface area contributed by atoms with Crippen LogP contribution in [-0.2, 0) is 32.0 Å². The van der Waals surface area contributed by atoms with Crippen LogP contribution < -0.4 is 15.6 Å². The molecule has 4 atom stereocenters. The van der Waals surface area contributed by atoms with Gasteiger partial charge in [0.1, 0.15) is 0 Å². The van der Waals surface area contributed by atoms with Gasteiger partial charge in [0.25, 0.3) is 0 Å². The molecule has 1 saturated heterocycles. The van der Waals surface area contributed by atoms with E-state index in [2.05, 4.69) is 20.9 Å². The summed E-state index contributed by atoms with van der Waals surface area (Å²) in [5.74, 6) is -1.27. The van der Waals surface area contributed by atoms with Gasteiger partial charge in [-0.15, -0.1) is 17.6 Å². The largest absolute Gasteiger partial charge is 0.713 e. The summed E-state index contributed by atoms with van der Waals surface area (Å²) in [7, 11) is 0. The Bertz CT molecular complexity index is 1400. The third-order valence-electron chi connectivity index (χ3n) is 8.99. The van der Waals surface area contributed by atoms with E-state index in [0.29, 0.717) is 24.8 Å². The first-order chi connectivity index (χ1) is 20.4. The summed E-state index contributed by atoms with van der Waals surface area (Å²) in [5.41, 5.74) is 7.28. The fraction of sp³-hybridized carbons (Fsp3) is 0.455. The first-order valence-electron chi connectivity index (χ1n) is 14.8. The van der Waals surface area contributed by atoms with Crippen LogP contribution in [0.2, 0.25) is 0 Å². The van der Waals surface area contributed by atoms with Crippen molar-refractivity contribution in [1.29, 1.82) is 0 Å². The highest BCUT2D eigenvalue weighted by Gasteiger charge is 2.30. The fourth-order valence-electron chi connectivity index (χ4n) is 6.37. The SMILES string of the molecule is C[CH-]C1=C(C)[C@@H](C[c-]2[nH+]c([CH-]C3=C(CCC(=O)O)[C-](C)/C(=C\C4NC(=O)[C@H](C)[C@H]4[CH-]C)N3)c(CCC(=O)O)c2C)[N-]C1=O. The number of carbonyl (C=O) groups is 4. The molecule has 0 bridgehead atoms. The van der Waals surface area contributed by atoms with Crippen molar-refractivity contribution < 1.29 is 34.4 Å². The van der Waals surface area contributed by atoms with Gasteiger partial charge in [0.15, 0.2) is 0 Å². The maximum Gasteiger partial charge on any atom is 0.302 e. The molecule has 5 N–H and O–H groups in total. The number of aromatic nitrogens is 1. The Labute approximate surface area is 253 Å². The molecular formula is C33H41N4O6-5. The van der Waals surface area contributed by atoms with Crippen LogP contribution in [0.3, 0.4) is 0 Å². The van der Waals surface area contributed by atoms with Gasteiger partial charge in [-0.05, 0) is 24.1 Å². The summed E-state index contributed by atoms with van der Waals surface area (Å²) in [4.78, 5) is 51.3. The lowest BCUT2D eigenvalue weighted by Gasteiger charge is -2.30. The van der Waals surface area contributed by atoms with E-state index >= 15 is 0 Å². The molecule has 4 heterocycles. The molecule has 1 aromatic rings. The molecule has 0 aromatic carbocycles. The van der Waals surface area contributed by atoms with Crippen LogP contribution >= 0.6 is 0 Å². The molecule has 234 valence electrons. The van der Waals surface area contributed by atoms with Crippen molar-refractivity contribution in [1.82, 2.24) is 10.6 Å². The van der Waals surface area contributed by atoms with E-state index in [9.17, 15) is 29.4 Å². The summed E-state index contributed by atoms with van der Waals surface area (Å²) in [5, 5.41) is 29.7. The summed E-state index contributed by atoms with van der Waals surface area (Å²) < 4.78 is 0. The van der Waals surface area contributed by atoms with E-state index in [0.717, 1.165) is 51.0 Å². The van der Waals surface area contributed by atoms with Crippen LogP contribution in [-0.4, -0.2) is 46.0 Å². The number of nitrogens with one attached hydrogen (secondary N) is 3. The van der Waals surface area contributed by atoms with Crippen LogP contribution in [0.25, 0.3) is 5.32 Å². The van der Waals surface area contributed by atoms with E-state index in [-0.39, 0.29) is 48.6 Å². The average molecular weight is 590 g/mol. The fourth-order valence-corrected chi connectivity index (χ4v) is 6.37. The first-order valence-corrected chi connectivity index (χ1v) is 14.8. The second-order valence-corrected chi connectivity index (χ2v) is 11.5. The molecule has 0 spiro atoms. The number of nitrogens with zero attached hydrogens (tertiary/aromatic N) is 1. The van der Waals surface area contributed by atoms with Crippen LogP contribution in [0.15, 0.2) is 34.2 Å². The first kappa shape index (κ1) is 31.7. The minimum absolute atomic E-state index is 0.00589. The van der Waals surface area contributed by atoms with Crippen molar-refractivity contribution in [2.24, 2.45) is 11.8 Å². The highest BCUT2D eigenvalue weighted by Crippen LogP contribution is 2.38. The van der Waals surface area contributed by atoms with Gasteiger partial charge in [0.05, 0.1) is 5.69 Å². The Morgan fingerprint density at radius 3 is 2.40 bits per heavy atom. The Hall–Kier alpha value is -4.21. The van der Waals surface area contributed by atoms with Gasteiger partial charge in [-0.1, -0.05) is 58.7 Å². The number of amides is 2. The second-order valence-electron chi connectivity index (χ2n) is 11.5. The van der Waals surface area contributed by atoms with Gasteiger partial charge in [0, 0.05) is 18.8 Å². The van der Waals surface area contributed by atoms with E-state index in [4.69, 9.17) is 0 Å². The number of hydrogen-bond donors (Lipinski definition) is 4. The number of rotatable bonds is 13. The van der Waals surface area contributed by atoms with E-state index < -0.39 is 11.9 Å². The molecule has 0 aliphatic carbocycles. The van der Waals surface area contributed by atoms with Gasteiger partial charge in [-0.25, -0.2) is 5.57 Å². The number of aliphatic carboxylic acids is 2. The van der Waals surface area contributed by atoms with Crippen LogP contribution in [0.1, 0.15) is 76.4 Å². The highest BCUT2D eigenvalue weighted by molar-refractivity contribution is 6.09. The summed E-state index contributed by atoms with van der Waals surface area (Å²) in [6.07, 6.45) is 8.68. The van der Waals surface area contributed by atoms with Gasteiger partial charge < -0.3 is 42.4 Å². The maximum atomic E-state index is 12.4. The molecular weight excluding hydrogens is 548 g/mol. The van der Waals surface area contributed by atoms with Gasteiger partial charge in [0.2, 0.25) is 5.91 Å². The van der Waals surface area contributed by atoms with E-state index in [1.807, 2.05) is 60.5 Å². The molecule has 0 saturated carbocycles. The Kier molecular flexibility index (Phi) is 9.57. The van der Waals surface area contributed by atoms with Crippen molar-refractivity contribution in [3.8, 4) is 0 Å². The van der Waals surface area contributed by atoms with Crippen molar-refractivity contribution in [2.75, 3.05) is 0 Å².